The van der Waals surface area contributed by atoms with Gasteiger partial charge in [0.25, 0.3) is 0 Å². The number of nitrogens with one attached hydrogen (secondary N) is 1. The van der Waals surface area contributed by atoms with E-state index >= 15 is 0 Å². The molecule has 0 fully saturated rings. The maximum absolute atomic E-state index is 12.4. The molecule has 4 nitrogen and oxygen atoms in total. The van der Waals surface area contributed by atoms with E-state index in [0.29, 0.717) is 6.61 Å². The average Bonchev–Trinajstić information content (AvgIpc) is 2.38. The van der Waals surface area contributed by atoms with Crippen LogP contribution in [0, 0.1) is 5.92 Å². The summed E-state index contributed by atoms with van der Waals surface area (Å²) in [5.74, 6) is 0.102. The van der Waals surface area contributed by atoms with Gasteiger partial charge in [0.2, 0.25) is 5.91 Å². The largest absolute Gasteiger partial charge is 0.383 e. The molecule has 0 radical (unpaired) electrons. The third-order valence-electron chi connectivity index (χ3n) is 3.31. The van der Waals surface area contributed by atoms with E-state index in [1.807, 2.05) is 44.2 Å². The van der Waals surface area contributed by atoms with Crippen LogP contribution in [0.2, 0.25) is 0 Å². The number of rotatable bonds is 6. The van der Waals surface area contributed by atoms with Crippen LogP contribution in [0.25, 0.3) is 0 Å². The predicted octanol–water partition coefficient (Wildman–Crippen LogP) is 1.65. The molecule has 0 heterocycles. The summed E-state index contributed by atoms with van der Waals surface area (Å²) in [5, 5.41) is 2.97. The van der Waals surface area contributed by atoms with Crippen LogP contribution in [0.15, 0.2) is 30.3 Å². The SMILES string of the molecule is COCC(NC(=O)C(C)(N)c1ccccc1)C(C)C. The summed E-state index contributed by atoms with van der Waals surface area (Å²) in [5.41, 5.74) is 5.93. The van der Waals surface area contributed by atoms with Crippen LogP contribution in [0.4, 0.5) is 0 Å². The smallest absolute Gasteiger partial charge is 0.244 e. The third kappa shape index (κ3) is 4.04. The molecule has 19 heavy (non-hydrogen) atoms. The molecule has 0 saturated heterocycles. The zero-order valence-electron chi connectivity index (χ0n) is 12.1. The number of hydrogen-bond donors (Lipinski definition) is 2. The van der Waals surface area contributed by atoms with E-state index in [1.165, 1.54) is 0 Å². The van der Waals surface area contributed by atoms with Crippen molar-refractivity contribution in [1.82, 2.24) is 5.32 Å². The van der Waals surface area contributed by atoms with Crippen molar-refractivity contribution in [3.05, 3.63) is 35.9 Å². The number of carbonyl (C=O) groups excluding carboxylic acids is 1. The molecule has 1 aromatic rings. The van der Waals surface area contributed by atoms with E-state index in [0.717, 1.165) is 5.56 Å². The molecular formula is C15H24N2O2. The van der Waals surface area contributed by atoms with Gasteiger partial charge in [0, 0.05) is 7.11 Å². The van der Waals surface area contributed by atoms with Crippen LogP contribution < -0.4 is 11.1 Å². The minimum atomic E-state index is -1.04. The number of carbonyl (C=O) groups is 1. The number of amides is 1. The van der Waals surface area contributed by atoms with Crippen LogP contribution >= 0.6 is 0 Å². The van der Waals surface area contributed by atoms with Gasteiger partial charge in [0.1, 0.15) is 5.54 Å². The number of nitrogens with two attached hydrogens (primary N) is 1. The molecule has 1 aromatic carbocycles. The highest BCUT2D eigenvalue weighted by Gasteiger charge is 2.32. The maximum atomic E-state index is 12.4. The molecule has 0 spiro atoms. The zero-order valence-corrected chi connectivity index (χ0v) is 12.1. The summed E-state index contributed by atoms with van der Waals surface area (Å²) in [4.78, 5) is 12.4. The Morgan fingerprint density at radius 2 is 1.95 bits per heavy atom. The minimum Gasteiger partial charge on any atom is -0.383 e. The quantitative estimate of drug-likeness (QED) is 0.821. The van der Waals surface area contributed by atoms with E-state index in [4.69, 9.17) is 10.5 Å². The first-order chi connectivity index (χ1) is 8.89. The fourth-order valence-electron chi connectivity index (χ4n) is 1.81. The van der Waals surface area contributed by atoms with Crippen LogP contribution in [0.3, 0.4) is 0 Å². The number of methoxy groups -OCH3 is 1. The molecular weight excluding hydrogens is 240 g/mol. The van der Waals surface area contributed by atoms with E-state index in [9.17, 15) is 4.79 Å². The monoisotopic (exact) mass is 264 g/mol. The van der Waals surface area contributed by atoms with Crippen LogP contribution in [-0.2, 0) is 15.1 Å². The van der Waals surface area contributed by atoms with Crippen molar-refractivity contribution in [2.75, 3.05) is 13.7 Å². The van der Waals surface area contributed by atoms with Crippen molar-refractivity contribution >= 4 is 5.91 Å². The lowest BCUT2D eigenvalue weighted by molar-refractivity contribution is -0.127. The van der Waals surface area contributed by atoms with Gasteiger partial charge in [-0.2, -0.15) is 0 Å². The van der Waals surface area contributed by atoms with Crippen molar-refractivity contribution < 1.29 is 9.53 Å². The van der Waals surface area contributed by atoms with Gasteiger partial charge < -0.3 is 15.8 Å². The summed E-state index contributed by atoms with van der Waals surface area (Å²) < 4.78 is 5.13. The van der Waals surface area contributed by atoms with Crippen molar-refractivity contribution in [2.24, 2.45) is 11.7 Å². The van der Waals surface area contributed by atoms with Crippen LogP contribution in [-0.4, -0.2) is 25.7 Å². The Bertz CT molecular complexity index is 402. The first-order valence-electron chi connectivity index (χ1n) is 6.54. The van der Waals surface area contributed by atoms with Gasteiger partial charge in [-0.1, -0.05) is 44.2 Å². The molecule has 2 atom stereocenters. The van der Waals surface area contributed by atoms with Gasteiger partial charge >= 0.3 is 0 Å². The summed E-state index contributed by atoms with van der Waals surface area (Å²) in [6.45, 7) is 6.29. The van der Waals surface area contributed by atoms with Crippen molar-refractivity contribution in [1.29, 1.82) is 0 Å². The Balaban J connectivity index is 2.81. The van der Waals surface area contributed by atoms with Gasteiger partial charge in [0.15, 0.2) is 0 Å². The average molecular weight is 264 g/mol. The molecule has 0 saturated carbocycles. The minimum absolute atomic E-state index is 0.0379. The van der Waals surface area contributed by atoms with Crippen molar-refractivity contribution in [2.45, 2.75) is 32.4 Å². The molecule has 1 rings (SSSR count). The lowest BCUT2D eigenvalue weighted by atomic mass is 9.91. The highest BCUT2D eigenvalue weighted by atomic mass is 16.5. The summed E-state index contributed by atoms with van der Waals surface area (Å²) in [7, 11) is 1.63. The molecule has 0 bridgehead atoms. The summed E-state index contributed by atoms with van der Waals surface area (Å²) in [6, 6.07) is 9.34. The zero-order chi connectivity index (χ0) is 14.5. The molecule has 1 amide bonds. The topological polar surface area (TPSA) is 64.3 Å². The maximum Gasteiger partial charge on any atom is 0.244 e. The molecule has 106 valence electrons. The molecule has 0 aliphatic heterocycles. The Morgan fingerprint density at radius 1 is 1.37 bits per heavy atom. The summed E-state index contributed by atoms with van der Waals surface area (Å²) in [6.07, 6.45) is 0. The molecule has 3 N–H and O–H groups in total. The number of hydrogen-bond acceptors (Lipinski definition) is 3. The molecule has 0 aliphatic rings. The van der Waals surface area contributed by atoms with Crippen LogP contribution in [0.1, 0.15) is 26.3 Å². The van der Waals surface area contributed by atoms with Crippen molar-refractivity contribution in [3.8, 4) is 0 Å². The van der Waals surface area contributed by atoms with Crippen LogP contribution in [0.5, 0.6) is 0 Å². The van der Waals surface area contributed by atoms with E-state index < -0.39 is 5.54 Å². The van der Waals surface area contributed by atoms with E-state index in [-0.39, 0.29) is 17.9 Å². The van der Waals surface area contributed by atoms with Crippen molar-refractivity contribution in [3.63, 3.8) is 0 Å². The Morgan fingerprint density at radius 3 is 2.42 bits per heavy atom. The fourth-order valence-corrected chi connectivity index (χ4v) is 1.81. The molecule has 2 unspecified atom stereocenters. The van der Waals surface area contributed by atoms with E-state index in [2.05, 4.69) is 5.32 Å². The Labute approximate surface area is 115 Å². The second-order valence-electron chi connectivity index (χ2n) is 5.35. The lowest BCUT2D eigenvalue weighted by Gasteiger charge is -2.29. The first-order valence-corrected chi connectivity index (χ1v) is 6.54. The molecule has 4 heteroatoms. The Hall–Kier alpha value is -1.39. The highest BCUT2D eigenvalue weighted by molar-refractivity contribution is 5.87. The normalized spacial score (nSPS) is 15.9. The van der Waals surface area contributed by atoms with Gasteiger partial charge in [-0.15, -0.1) is 0 Å². The summed E-state index contributed by atoms with van der Waals surface area (Å²) >= 11 is 0. The third-order valence-corrected chi connectivity index (χ3v) is 3.31. The first kappa shape index (κ1) is 15.7. The second-order valence-corrected chi connectivity index (χ2v) is 5.35. The Kier molecular flexibility index (Phi) is 5.51. The molecule has 0 aromatic heterocycles. The number of benzene rings is 1. The van der Waals surface area contributed by atoms with Gasteiger partial charge in [-0.05, 0) is 18.4 Å². The lowest BCUT2D eigenvalue weighted by Crippen LogP contribution is -2.54. The fraction of sp³-hybridized carbons (Fsp3) is 0.533. The van der Waals surface area contributed by atoms with E-state index in [1.54, 1.807) is 14.0 Å². The molecule has 0 aliphatic carbocycles. The highest BCUT2D eigenvalue weighted by Crippen LogP contribution is 2.18. The standard InChI is InChI=1S/C15H24N2O2/c1-11(2)13(10-19-4)17-14(18)15(3,16)12-8-6-5-7-9-12/h5-9,11,13H,10,16H2,1-4H3,(H,17,18). The second kappa shape index (κ2) is 6.68. The van der Waals surface area contributed by atoms with Gasteiger partial charge in [-0.25, -0.2) is 0 Å². The predicted molar refractivity (Wildman–Crippen MR) is 76.6 cm³/mol. The van der Waals surface area contributed by atoms with Gasteiger partial charge in [0.05, 0.1) is 12.6 Å². The number of ether oxygens (including phenoxy) is 1. The van der Waals surface area contributed by atoms with Gasteiger partial charge in [-0.3, -0.25) is 4.79 Å².